The van der Waals surface area contributed by atoms with Crippen LogP contribution < -0.4 is 0 Å². The number of nitrogens with zero attached hydrogens (tertiary/aromatic N) is 3. The second-order valence-electron chi connectivity index (χ2n) is 6.51. The van der Waals surface area contributed by atoms with Crippen LogP contribution in [0.1, 0.15) is 23.7 Å². The third-order valence-corrected chi connectivity index (χ3v) is 6.27. The minimum atomic E-state index is -0.962. The van der Waals surface area contributed by atoms with Gasteiger partial charge in [-0.15, -0.1) is 0 Å². The lowest BCUT2D eigenvalue weighted by Gasteiger charge is -2.05. The zero-order chi connectivity index (χ0) is 20.5. The molecular weight excluding hydrogens is 429 g/mol. The molecule has 0 unspecified atom stereocenters. The molecule has 0 saturated heterocycles. The van der Waals surface area contributed by atoms with Gasteiger partial charge in [-0.3, -0.25) is 9.25 Å². The molecule has 0 aliphatic carbocycles. The molecule has 0 amide bonds. The smallest absolute Gasteiger partial charge is 0.335 e. The van der Waals surface area contributed by atoms with Crippen LogP contribution >= 0.6 is 35.0 Å². The molecule has 4 aromatic rings. The third-order valence-electron chi connectivity index (χ3n) is 4.46. The molecule has 0 atom stereocenters. The van der Waals surface area contributed by atoms with Gasteiger partial charge in [0.05, 0.1) is 27.9 Å². The summed E-state index contributed by atoms with van der Waals surface area (Å²) < 4.78 is 3.80. The quantitative estimate of drug-likeness (QED) is 0.373. The van der Waals surface area contributed by atoms with Crippen molar-refractivity contribution in [2.75, 3.05) is 0 Å². The molecule has 0 radical (unpaired) electrons. The van der Waals surface area contributed by atoms with E-state index in [1.165, 1.54) is 11.8 Å². The van der Waals surface area contributed by atoms with Gasteiger partial charge in [-0.1, -0.05) is 54.0 Å². The van der Waals surface area contributed by atoms with E-state index in [2.05, 4.69) is 12.0 Å². The molecule has 8 heteroatoms. The van der Waals surface area contributed by atoms with Crippen molar-refractivity contribution in [1.82, 2.24) is 14.3 Å². The van der Waals surface area contributed by atoms with Crippen LogP contribution in [-0.4, -0.2) is 25.4 Å². The van der Waals surface area contributed by atoms with Crippen LogP contribution in [0.2, 0.25) is 10.2 Å². The van der Waals surface area contributed by atoms with E-state index in [0.717, 1.165) is 39.3 Å². The Morgan fingerprint density at radius 1 is 1.21 bits per heavy atom. The van der Waals surface area contributed by atoms with Crippen LogP contribution in [0.5, 0.6) is 0 Å². The molecule has 1 N–H and O–H groups in total. The maximum atomic E-state index is 11.3. The van der Waals surface area contributed by atoms with Gasteiger partial charge in [0, 0.05) is 28.0 Å². The third kappa shape index (κ3) is 3.88. The molecule has 0 aliphatic heterocycles. The van der Waals surface area contributed by atoms with Gasteiger partial charge in [0.1, 0.15) is 5.15 Å². The Balaban J connectivity index is 1.85. The predicted molar refractivity (Wildman–Crippen MR) is 117 cm³/mol. The minimum Gasteiger partial charge on any atom is -0.478 e. The van der Waals surface area contributed by atoms with Crippen molar-refractivity contribution in [3.05, 3.63) is 70.6 Å². The highest BCUT2D eigenvalue weighted by molar-refractivity contribution is 7.99. The standard InChI is InChI=1S/C21H17Cl2N3O2S/c1-2-8-25-12-15(11-24-25)26-18-10-14(22)6-7-17(18)19(20(26)23)29-16-5-3-4-13(9-16)21(27)28/h3-7,9-12H,2,8H2,1H3,(H,27,28). The fourth-order valence-corrected chi connectivity index (χ4v) is 4.78. The first-order chi connectivity index (χ1) is 14.0. The number of aryl methyl sites for hydroxylation is 1. The van der Waals surface area contributed by atoms with Crippen LogP contribution in [0.25, 0.3) is 16.6 Å². The number of rotatable bonds is 6. The lowest BCUT2D eigenvalue weighted by atomic mass is 10.2. The van der Waals surface area contributed by atoms with Gasteiger partial charge in [0.25, 0.3) is 0 Å². The Morgan fingerprint density at radius 3 is 2.79 bits per heavy atom. The van der Waals surface area contributed by atoms with E-state index in [9.17, 15) is 9.90 Å². The maximum Gasteiger partial charge on any atom is 0.335 e. The summed E-state index contributed by atoms with van der Waals surface area (Å²) in [5, 5.41) is 15.8. The first kappa shape index (κ1) is 19.9. The second-order valence-corrected chi connectivity index (χ2v) is 8.39. The van der Waals surface area contributed by atoms with E-state index in [1.807, 2.05) is 39.7 Å². The Hall–Kier alpha value is -2.41. The summed E-state index contributed by atoms with van der Waals surface area (Å²) in [4.78, 5) is 12.9. The lowest BCUT2D eigenvalue weighted by molar-refractivity contribution is 0.0696. The van der Waals surface area contributed by atoms with E-state index >= 15 is 0 Å². The van der Waals surface area contributed by atoms with Gasteiger partial charge >= 0.3 is 5.97 Å². The number of aromatic nitrogens is 3. The van der Waals surface area contributed by atoms with Gasteiger partial charge in [0.2, 0.25) is 0 Å². The fraction of sp³-hybridized carbons (Fsp3) is 0.143. The van der Waals surface area contributed by atoms with Gasteiger partial charge in [0.15, 0.2) is 0 Å². The van der Waals surface area contributed by atoms with E-state index in [-0.39, 0.29) is 5.56 Å². The van der Waals surface area contributed by atoms with Crippen LogP contribution in [0.3, 0.4) is 0 Å². The molecular formula is C21H17Cl2N3O2S. The molecule has 0 spiro atoms. The number of aromatic carboxylic acids is 1. The molecule has 2 aromatic heterocycles. The second kappa shape index (κ2) is 8.14. The number of halogens is 2. The molecule has 29 heavy (non-hydrogen) atoms. The van der Waals surface area contributed by atoms with Crippen LogP contribution in [-0.2, 0) is 6.54 Å². The molecule has 2 aromatic carbocycles. The summed E-state index contributed by atoms with van der Waals surface area (Å²) >= 11 is 14.5. The Labute approximate surface area is 181 Å². The Kier molecular flexibility index (Phi) is 5.58. The summed E-state index contributed by atoms with van der Waals surface area (Å²) in [5.74, 6) is -0.962. The summed E-state index contributed by atoms with van der Waals surface area (Å²) in [5.41, 5.74) is 1.95. The first-order valence-corrected chi connectivity index (χ1v) is 10.6. The summed E-state index contributed by atoms with van der Waals surface area (Å²) in [6.07, 6.45) is 4.71. The van der Waals surface area contributed by atoms with Gasteiger partial charge in [-0.2, -0.15) is 5.10 Å². The summed E-state index contributed by atoms with van der Waals surface area (Å²) in [6.45, 7) is 2.92. The zero-order valence-electron chi connectivity index (χ0n) is 15.5. The van der Waals surface area contributed by atoms with Crippen LogP contribution in [0, 0.1) is 0 Å². The number of benzene rings is 2. The molecule has 0 bridgehead atoms. The highest BCUT2D eigenvalue weighted by atomic mass is 35.5. The maximum absolute atomic E-state index is 11.3. The molecule has 4 rings (SSSR count). The van der Waals surface area contributed by atoms with Crippen molar-refractivity contribution in [2.45, 2.75) is 29.7 Å². The Morgan fingerprint density at radius 2 is 2.03 bits per heavy atom. The topological polar surface area (TPSA) is 60.0 Å². The van der Waals surface area contributed by atoms with Crippen molar-refractivity contribution in [1.29, 1.82) is 0 Å². The van der Waals surface area contributed by atoms with E-state index in [4.69, 9.17) is 23.2 Å². The van der Waals surface area contributed by atoms with Crippen molar-refractivity contribution in [3.8, 4) is 5.69 Å². The van der Waals surface area contributed by atoms with Crippen LogP contribution in [0.15, 0.2) is 64.6 Å². The van der Waals surface area contributed by atoms with E-state index in [1.54, 1.807) is 24.4 Å². The number of fused-ring (bicyclic) bond motifs is 1. The lowest BCUT2D eigenvalue weighted by Crippen LogP contribution is -1.96. The SMILES string of the molecule is CCCn1cc(-n2c(Cl)c(Sc3cccc(C(=O)O)c3)c3ccc(Cl)cc32)cn1. The largest absolute Gasteiger partial charge is 0.478 e. The zero-order valence-corrected chi connectivity index (χ0v) is 17.8. The average Bonchev–Trinajstić information content (AvgIpc) is 3.25. The van der Waals surface area contributed by atoms with Crippen molar-refractivity contribution in [2.24, 2.45) is 0 Å². The molecule has 0 fully saturated rings. The minimum absolute atomic E-state index is 0.235. The normalized spacial score (nSPS) is 11.3. The number of carbonyl (C=O) groups is 1. The summed E-state index contributed by atoms with van der Waals surface area (Å²) in [7, 11) is 0. The van der Waals surface area contributed by atoms with Gasteiger partial charge in [-0.25, -0.2) is 4.79 Å². The molecule has 0 aliphatic rings. The van der Waals surface area contributed by atoms with Crippen LogP contribution in [0.4, 0.5) is 0 Å². The van der Waals surface area contributed by atoms with Gasteiger partial charge < -0.3 is 5.11 Å². The number of hydrogen-bond donors (Lipinski definition) is 1. The van der Waals surface area contributed by atoms with Crippen molar-refractivity contribution in [3.63, 3.8) is 0 Å². The monoisotopic (exact) mass is 445 g/mol. The molecule has 2 heterocycles. The highest BCUT2D eigenvalue weighted by Gasteiger charge is 2.20. The number of carboxylic acid groups (broad SMARTS) is 1. The molecule has 5 nitrogen and oxygen atoms in total. The van der Waals surface area contributed by atoms with E-state index < -0.39 is 5.97 Å². The highest BCUT2D eigenvalue weighted by Crippen LogP contribution is 2.43. The predicted octanol–water partition coefficient (Wildman–Crippen LogP) is 6.39. The van der Waals surface area contributed by atoms with Crippen molar-refractivity contribution < 1.29 is 9.90 Å². The average molecular weight is 446 g/mol. The first-order valence-electron chi connectivity index (χ1n) is 9.01. The Bertz CT molecular complexity index is 1220. The van der Waals surface area contributed by atoms with Gasteiger partial charge in [-0.05, 0) is 36.8 Å². The number of carboxylic acids is 1. The molecule has 148 valence electrons. The number of hydrogen-bond acceptors (Lipinski definition) is 3. The summed E-state index contributed by atoms with van der Waals surface area (Å²) in [6, 6.07) is 12.4. The van der Waals surface area contributed by atoms with E-state index in [0.29, 0.717) is 10.2 Å². The van der Waals surface area contributed by atoms with Crippen molar-refractivity contribution >= 4 is 51.8 Å². The fourth-order valence-electron chi connectivity index (χ4n) is 3.18. The molecule has 0 saturated carbocycles.